The quantitative estimate of drug-likeness (QED) is 0.535. The van der Waals surface area contributed by atoms with Crippen molar-refractivity contribution in [1.29, 1.82) is 0 Å². The van der Waals surface area contributed by atoms with Gasteiger partial charge in [0.15, 0.2) is 0 Å². The SMILES string of the molecule is CC(C)Cc1ccc(S(=O)(=O)Nc2cc3c(cc2N2CCOCC2)n(C)c(=O)c(=O)n3C)cc1. The van der Waals surface area contributed by atoms with E-state index >= 15 is 0 Å². The van der Waals surface area contributed by atoms with Gasteiger partial charge in [-0.2, -0.15) is 0 Å². The molecule has 1 saturated heterocycles. The number of nitrogens with one attached hydrogen (secondary N) is 1. The van der Waals surface area contributed by atoms with E-state index < -0.39 is 21.1 Å². The highest BCUT2D eigenvalue weighted by molar-refractivity contribution is 7.92. The number of aryl methyl sites for hydroxylation is 2. The second-order valence-corrected chi connectivity index (χ2v) is 10.7. The third-order valence-electron chi connectivity index (χ3n) is 6.08. The van der Waals surface area contributed by atoms with Crippen LogP contribution in [0.1, 0.15) is 19.4 Å². The Kier molecular flexibility index (Phi) is 6.55. The van der Waals surface area contributed by atoms with E-state index in [1.54, 1.807) is 24.3 Å². The molecule has 2 heterocycles. The van der Waals surface area contributed by atoms with Crippen LogP contribution in [0.4, 0.5) is 11.4 Å². The fraction of sp³-hybridized carbons (Fsp3) is 0.417. The van der Waals surface area contributed by atoms with Crippen LogP contribution in [0.3, 0.4) is 0 Å². The van der Waals surface area contributed by atoms with Gasteiger partial charge < -0.3 is 18.8 Å². The van der Waals surface area contributed by atoms with E-state index in [0.717, 1.165) is 12.0 Å². The smallest absolute Gasteiger partial charge is 0.316 e. The third-order valence-corrected chi connectivity index (χ3v) is 7.46. The fourth-order valence-electron chi connectivity index (χ4n) is 4.24. The molecule has 2 aromatic carbocycles. The number of anilines is 2. The summed E-state index contributed by atoms with van der Waals surface area (Å²) in [6.45, 7) is 6.39. The lowest BCUT2D eigenvalue weighted by molar-refractivity contribution is 0.123. The van der Waals surface area contributed by atoms with Gasteiger partial charge in [-0.1, -0.05) is 26.0 Å². The zero-order valence-corrected chi connectivity index (χ0v) is 20.7. The van der Waals surface area contributed by atoms with Crippen molar-refractivity contribution < 1.29 is 13.2 Å². The Morgan fingerprint density at radius 1 is 0.941 bits per heavy atom. The summed E-state index contributed by atoms with van der Waals surface area (Å²) in [5.74, 6) is 0.469. The van der Waals surface area contributed by atoms with E-state index in [4.69, 9.17) is 4.74 Å². The zero-order chi connectivity index (χ0) is 24.6. The first-order chi connectivity index (χ1) is 16.1. The largest absolute Gasteiger partial charge is 0.378 e. The third kappa shape index (κ3) is 4.60. The van der Waals surface area contributed by atoms with Crippen LogP contribution in [0.5, 0.6) is 0 Å². The Bertz CT molecular complexity index is 1430. The van der Waals surface area contributed by atoms with E-state index in [1.165, 1.54) is 23.2 Å². The summed E-state index contributed by atoms with van der Waals surface area (Å²) in [4.78, 5) is 26.9. The number of hydrogen-bond acceptors (Lipinski definition) is 6. The van der Waals surface area contributed by atoms with Gasteiger partial charge >= 0.3 is 11.1 Å². The molecule has 9 nitrogen and oxygen atoms in total. The first-order valence-electron chi connectivity index (χ1n) is 11.3. The highest BCUT2D eigenvalue weighted by Crippen LogP contribution is 2.33. The number of benzene rings is 2. The molecular formula is C24H30N4O5S. The molecule has 0 saturated carbocycles. The molecule has 4 rings (SSSR count). The van der Waals surface area contributed by atoms with Crippen molar-refractivity contribution in [2.75, 3.05) is 35.9 Å². The summed E-state index contributed by atoms with van der Waals surface area (Å²) >= 11 is 0. The molecule has 1 aliphatic rings. The van der Waals surface area contributed by atoms with Crippen LogP contribution < -0.4 is 20.7 Å². The molecule has 1 N–H and O–H groups in total. The van der Waals surface area contributed by atoms with Gasteiger partial charge in [-0.3, -0.25) is 14.3 Å². The van der Waals surface area contributed by atoms with Crippen molar-refractivity contribution in [3.8, 4) is 0 Å². The maximum absolute atomic E-state index is 13.3. The van der Waals surface area contributed by atoms with Crippen molar-refractivity contribution in [3.63, 3.8) is 0 Å². The first kappa shape index (κ1) is 24.0. The highest BCUT2D eigenvalue weighted by atomic mass is 32.2. The summed E-state index contributed by atoms with van der Waals surface area (Å²) in [7, 11) is -0.848. The maximum atomic E-state index is 13.3. The van der Waals surface area contributed by atoms with E-state index in [1.807, 2.05) is 17.0 Å². The minimum Gasteiger partial charge on any atom is -0.378 e. The lowest BCUT2D eigenvalue weighted by Gasteiger charge is -2.31. The Balaban J connectivity index is 1.82. The number of hydrogen-bond donors (Lipinski definition) is 1. The number of morpholine rings is 1. The van der Waals surface area contributed by atoms with Crippen molar-refractivity contribution in [1.82, 2.24) is 9.13 Å². The van der Waals surface area contributed by atoms with Crippen LogP contribution in [0.25, 0.3) is 11.0 Å². The van der Waals surface area contributed by atoms with Crippen LogP contribution in [0.2, 0.25) is 0 Å². The molecule has 0 radical (unpaired) electrons. The molecule has 0 spiro atoms. The molecule has 0 aliphatic carbocycles. The summed E-state index contributed by atoms with van der Waals surface area (Å²) in [5.41, 5.74) is 1.72. The molecule has 0 unspecified atom stereocenters. The van der Waals surface area contributed by atoms with Gasteiger partial charge in [-0.25, -0.2) is 8.42 Å². The predicted molar refractivity (Wildman–Crippen MR) is 133 cm³/mol. The highest BCUT2D eigenvalue weighted by Gasteiger charge is 2.23. The predicted octanol–water partition coefficient (Wildman–Crippen LogP) is 2.07. The summed E-state index contributed by atoms with van der Waals surface area (Å²) in [6.07, 6.45) is 0.867. The standard InChI is InChI=1S/C24H30N4O5S/c1-16(2)13-17-5-7-18(8-6-17)34(31,32)25-19-14-21-22(27(4)24(30)23(29)26(21)3)15-20(19)28-9-11-33-12-10-28/h5-8,14-16,25H,9-13H2,1-4H3. The normalized spacial score (nSPS) is 14.7. The summed E-state index contributed by atoms with van der Waals surface area (Å²) in [5, 5.41) is 0. The summed E-state index contributed by atoms with van der Waals surface area (Å²) in [6, 6.07) is 10.2. The molecule has 1 aromatic heterocycles. The van der Waals surface area contributed by atoms with Gasteiger partial charge in [0.2, 0.25) is 0 Å². The lowest BCUT2D eigenvalue weighted by Crippen LogP contribution is -2.40. The number of aromatic nitrogens is 2. The molecule has 10 heteroatoms. The molecule has 1 fully saturated rings. The molecule has 3 aromatic rings. The van der Waals surface area contributed by atoms with Gasteiger partial charge in [0, 0.05) is 27.2 Å². The first-order valence-corrected chi connectivity index (χ1v) is 12.7. The van der Waals surface area contributed by atoms with Crippen molar-refractivity contribution >= 4 is 32.4 Å². The van der Waals surface area contributed by atoms with E-state index in [0.29, 0.717) is 54.6 Å². The van der Waals surface area contributed by atoms with E-state index in [2.05, 4.69) is 18.6 Å². The monoisotopic (exact) mass is 486 g/mol. The van der Waals surface area contributed by atoms with Gasteiger partial charge in [0.25, 0.3) is 10.0 Å². The van der Waals surface area contributed by atoms with Gasteiger partial charge in [-0.15, -0.1) is 0 Å². The van der Waals surface area contributed by atoms with Crippen molar-refractivity contribution in [3.05, 3.63) is 62.7 Å². The van der Waals surface area contributed by atoms with Gasteiger partial charge in [0.05, 0.1) is 40.5 Å². The van der Waals surface area contributed by atoms with Gasteiger partial charge in [0.1, 0.15) is 0 Å². The molecule has 0 atom stereocenters. The Labute approximate surface area is 198 Å². The van der Waals surface area contributed by atoms with Gasteiger partial charge in [-0.05, 0) is 42.2 Å². The second kappa shape index (κ2) is 9.27. The molecule has 1 aliphatic heterocycles. The molecule has 0 amide bonds. The Morgan fingerprint density at radius 3 is 2.06 bits per heavy atom. The van der Waals surface area contributed by atoms with E-state index in [-0.39, 0.29) is 4.90 Å². The minimum atomic E-state index is -3.89. The fourth-order valence-corrected chi connectivity index (χ4v) is 5.30. The number of rotatable bonds is 6. The number of sulfonamides is 1. The van der Waals surface area contributed by atoms with Crippen LogP contribution in [-0.4, -0.2) is 43.9 Å². The second-order valence-electron chi connectivity index (χ2n) is 9.03. The average molecular weight is 487 g/mol. The molecule has 0 bridgehead atoms. The summed E-state index contributed by atoms with van der Waals surface area (Å²) < 4.78 is 37.3. The zero-order valence-electron chi connectivity index (χ0n) is 19.9. The lowest BCUT2D eigenvalue weighted by atomic mass is 10.0. The van der Waals surface area contributed by atoms with Crippen molar-refractivity contribution in [2.45, 2.75) is 25.2 Å². The minimum absolute atomic E-state index is 0.155. The van der Waals surface area contributed by atoms with Crippen molar-refractivity contribution in [2.24, 2.45) is 20.0 Å². The average Bonchev–Trinajstić information content (AvgIpc) is 2.81. The Hall–Kier alpha value is -3.11. The number of nitrogens with zero attached hydrogens (tertiary/aromatic N) is 3. The number of fused-ring (bicyclic) bond motifs is 1. The molecular weight excluding hydrogens is 456 g/mol. The number of ether oxygens (including phenoxy) is 1. The van der Waals surface area contributed by atoms with Crippen LogP contribution in [0.15, 0.2) is 50.9 Å². The maximum Gasteiger partial charge on any atom is 0.316 e. The van der Waals surface area contributed by atoms with E-state index in [9.17, 15) is 18.0 Å². The van der Waals surface area contributed by atoms with Crippen LogP contribution in [0, 0.1) is 5.92 Å². The Morgan fingerprint density at radius 2 is 1.50 bits per heavy atom. The van der Waals surface area contributed by atoms with Crippen LogP contribution >= 0.6 is 0 Å². The topological polar surface area (TPSA) is 103 Å². The van der Waals surface area contributed by atoms with Crippen LogP contribution in [-0.2, 0) is 35.3 Å². The molecule has 34 heavy (non-hydrogen) atoms. The molecule has 182 valence electrons.